The van der Waals surface area contributed by atoms with Gasteiger partial charge in [0.2, 0.25) is 11.8 Å². The number of phenols is 1. The van der Waals surface area contributed by atoms with Gasteiger partial charge in [0.1, 0.15) is 0 Å². The molecule has 4 atom stereocenters. The summed E-state index contributed by atoms with van der Waals surface area (Å²) in [5.74, 6) is -3.18. The average molecular weight is 591 g/mol. The maximum Gasteiger partial charge on any atom is 0.234 e. The third-order valence-electron chi connectivity index (χ3n) is 9.57. The van der Waals surface area contributed by atoms with Crippen LogP contribution < -0.4 is 0 Å². The molecule has 230 valence electrons. The number of carbonyl (C=O) groups excluding carboxylic acids is 2. The lowest BCUT2D eigenvalue weighted by Gasteiger charge is -2.37. The summed E-state index contributed by atoms with van der Waals surface area (Å²) in [5.41, 5.74) is 4.45. The fourth-order valence-electron chi connectivity index (χ4n) is 7.35. The van der Waals surface area contributed by atoms with E-state index in [0.717, 1.165) is 43.6 Å². The lowest BCUT2D eigenvalue weighted by Crippen LogP contribution is -2.47. The number of benzene rings is 2. The molecule has 2 aromatic carbocycles. The van der Waals surface area contributed by atoms with Gasteiger partial charge in [-0.15, -0.1) is 0 Å². The molecule has 2 aliphatic heterocycles. The number of hydrogen-bond donors (Lipinski definition) is 3. The van der Waals surface area contributed by atoms with Gasteiger partial charge in [-0.05, 0) is 74.3 Å². The van der Waals surface area contributed by atoms with E-state index in [1.165, 1.54) is 22.6 Å². The smallest absolute Gasteiger partial charge is 0.234 e. The van der Waals surface area contributed by atoms with Gasteiger partial charge in [-0.2, -0.15) is 0 Å². The molecular weight excluding hydrogens is 547 g/mol. The van der Waals surface area contributed by atoms with Crippen LogP contribution in [0.15, 0.2) is 65.3 Å². The molecular formula is C35H43FN2O5. The normalized spacial score (nSPS) is 24.5. The topological polar surface area (TPSA) is 101 Å². The Morgan fingerprint density at radius 2 is 1.81 bits per heavy atom. The maximum absolute atomic E-state index is 13.9. The molecule has 2 amide bonds. The fraction of sp³-hybridized carbons (Fsp3) is 0.486. The number of rotatable bonds is 10. The van der Waals surface area contributed by atoms with Crippen LogP contribution in [-0.2, 0) is 16.1 Å². The van der Waals surface area contributed by atoms with E-state index >= 15 is 0 Å². The Balaban J connectivity index is 1.26. The van der Waals surface area contributed by atoms with Gasteiger partial charge in [-0.3, -0.25) is 19.4 Å². The number of nitrogens with zero attached hydrogens (tertiary/aromatic N) is 2. The van der Waals surface area contributed by atoms with Crippen LogP contribution in [0.2, 0.25) is 0 Å². The number of fused-ring (bicyclic) bond motifs is 1. The number of phenolic OH excluding ortho intramolecular Hbond substituents is 1. The molecule has 8 heteroatoms. The first-order chi connectivity index (χ1) is 20.7. The number of hydrogen-bond acceptors (Lipinski definition) is 6. The molecule has 43 heavy (non-hydrogen) atoms. The van der Waals surface area contributed by atoms with Crippen LogP contribution in [-0.4, -0.2) is 68.8 Å². The average Bonchev–Trinajstić information content (AvgIpc) is 3.26. The summed E-state index contributed by atoms with van der Waals surface area (Å²) in [6.45, 7) is 6.04. The molecule has 0 unspecified atom stereocenters. The molecule has 0 radical (unpaired) electrons. The van der Waals surface area contributed by atoms with Gasteiger partial charge in [-0.1, -0.05) is 60.5 Å². The summed E-state index contributed by atoms with van der Waals surface area (Å²) in [6, 6.07) is 14.3. The molecule has 1 aliphatic carbocycles. The van der Waals surface area contributed by atoms with Crippen molar-refractivity contribution in [2.75, 3.05) is 19.7 Å². The van der Waals surface area contributed by atoms with E-state index in [2.05, 4.69) is 17.0 Å². The number of carbonyl (C=O) groups is 2. The summed E-state index contributed by atoms with van der Waals surface area (Å²) >= 11 is 0. The van der Waals surface area contributed by atoms with Gasteiger partial charge in [0, 0.05) is 31.6 Å². The first-order valence-electron chi connectivity index (χ1n) is 15.5. The highest BCUT2D eigenvalue weighted by molar-refractivity contribution is 6.06. The van der Waals surface area contributed by atoms with Crippen LogP contribution in [0.25, 0.3) is 6.08 Å². The van der Waals surface area contributed by atoms with E-state index in [9.17, 15) is 29.3 Å². The lowest BCUT2D eigenvalue weighted by molar-refractivity contribution is -0.144. The zero-order valence-electron chi connectivity index (χ0n) is 25.1. The summed E-state index contributed by atoms with van der Waals surface area (Å²) in [7, 11) is 0. The zero-order chi connectivity index (χ0) is 30.7. The molecule has 0 bridgehead atoms. The monoisotopic (exact) mass is 590 g/mol. The van der Waals surface area contributed by atoms with Crippen molar-refractivity contribution in [3.05, 3.63) is 82.2 Å². The molecule has 2 aromatic rings. The number of aliphatic hydroxyl groups excluding tert-OH is 2. The molecule has 2 heterocycles. The van der Waals surface area contributed by atoms with Crippen molar-refractivity contribution >= 4 is 17.9 Å². The van der Waals surface area contributed by atoms with Crippen molar-refractivity contribution in [1.29, 1.82) is 0 Å². The standard InChI is InChI=1S/C35H43FN2O5/c1-3-25-19-27-33(28(21-39)32(25)31(41)11-9-22(2)17-24-10-12-30(40)29(36)18-24)35(43)38(34(27)42)26-13-15-37(16-14-26)20-23-7-5-4-6-8-23/h4-8,10,12,17-18,26-28,31,33,39-41H,3,9,11,13-16,19-21H2,1-2H3/b22-17+/t27-,28+,31-,33-/m1/s1. The van der Waals surface area contributed by atoms with Gasteiger partial charge in [0.15, 0.2) is 11.6 Å². The zero-order valence-corrected chi connectivity index (χ0v) is 25.1. The largest absolute Gasteiger partial charge is 0.505 e. The van der Waals surface area contributed by atoms with Crippen molar-refractivity contribution in [1.82, 2.24) is 9.80 Å². The molecule has 7 nitrogen and oxygen atoms in total. The Labute approximate surface area is 253 Å². The minimum Gasteiger partial charge on any atom is -0.505 e. The van der Waals surface area contributed by atoms with E-state index in [-0.39, 0.29) is 24.5 Å². The molecule has 3 aliphatic rings. The number of imide groups is 1. The van der Waals surface area contributed by atoms with Crippen LogP contribution in [0.3, 0.4) is 0 Å². The number of aliphatic hydroxyl groups is 2. The van der Waals surface area contributed by atoms with E-state index in [1.54, 1.807) is 6.07 Å². The van der Waals surface area contributed by atoms with Gasteiger partial charge in [0.05, 0.1) is 24.5 Å². The number of piperidine rings is 1. The summed E-state index contributed by atoms with van der Waals surface area (Å²) in [5, 5.41) is 31.4. The molecule has 0 saturated carbocycles. The highest BCUT2D eigenvalue weighted by Gasteiger charge is 2.56. The molecule has 0 aromatic heterocycles. The fourth-order valence-corrected chi connectivity index (χ4v) is 7.35. The van der Waals surface area contributed by atoms with E-state index in [1.807, 2.05) is 38.1 Å². The van der Waals surface area contributed by atoms with Gasteiger partial charge in [0.25, 0.3) is 0 Å². The number of halogens is 1. The number of amides is 2. The summed E-state index contributed by atoms with van der Waals surface area (Å²) < 4.78 is 13.8. The van der Waals surface area contributed by atoms with Gasteiger partial charge < -0.3 is 15.3 Å². The van der Waals surface area contributed by atoms with Crippen LogP contribution in [0.4, 0.5) is 4.39 Å². The van der Waals surface area contributed by atoms with E-state index in [4.69, 9.17) is 0 Å². The Morgan fingerprint density at radius 1 is 1.09 bits per heavy atom. The Bertz CT molecular complexity index is 1380. The number of allylic oxidation sites excluding steroid dienone is 2. The number of likely N-dealkylation sites (tertiary alicyclic amines) is 2. The van der Waals surface area contributed by atoms with E-state index in [0.29, 0.717) is 36.8 Å². The van der Waals surface area contributed by atoms with Crippen molar-refractivity contribution in [2.24, 2.45) is 17.8 Å². The molecule has 2 fully saturated rings. The van der Waals surface area contributed by atoms with Gasteiger partial charge >= 0.3 is 0 Å². The van der Waals surface area contributed by atoms with Crippen molar-refractivity contribution in [3.63, 3.8) is 0 Å². The van der Waals surface area contributed by atoms with Crippen LogP contribution in [0.5, 0.6) is 5.75 Å². The SMILES string of the molecule is CCC1=C([C@H](O)CC/C(C)=C/c2ccc(O)c(F)c2)[C@H](CO)[C@@H]2C(=O)N(C3CCN(Cc4ccccc4)CC3)C(=O)[C@@H]2C1. The lowest BCUT2D eigenvalue weighted by atomic mass is 9.67. The second-order valence-electron chi connectivity index (χ2n) is 12.3. The first kappa shape index (κ1) is 31.1. The minimum atomic E-state index is -0.869. The van der Waals surface area contributed by atoms with Crippen LogP contribution in [0.1, 0.15) is 63.5 Å². The van der Waals surface area contributed by atoms with E-state index < -0.39 is 35.4 Å². The predicted molar refractivity (Wildman–Crippen MR) is 163 cm³/mol. The van der Waals surface area contributed by atoms with Gasteiger partial charge in [-0.25, -0.2) is 4.39 Å². The summed E-state index contributed by atoms with van der Waals surface area (Å²) in [4.78, 5) is 31.5. The second-order valence-corrected chi connectivity index (χ2v) is 12.3. The van der Waals surface area contributed by atoms with Crippen molar-refractivity contribution in [2.45, 2.75) is 71.1 Å². The molecule has 2 saturated heterocycles. The van der Waals surface area contributed by atoms with Crippen molar-refractivity contribution in [3.8, 4) is 5.75 Å². The molecule has 3 N–H and O–H groups in total. The second kappa shape index (κ2) is 13.5. The highest BCUT2D eigenvalue weighted by atomic mass is 19.1. The quantitative estimate of drug-likeness (QED) is 0.264. The first-order valence-corrected chi connectivity index (χ1v) is 15.5. The maximum atomic E-state index is 13.9. The Morgan fingerprint density at radius 3 is 2.47 bits per heavy atom. The Hall–Kier alpha value is -3.33. The van der Waals surface area contributed by atoms with Crippen LogP contribution in [0, 0.1) is 23.6 Å². The Kier molecular flexibility index (Phi) is 9.79. The summed E-state index contributed by atoms with van der Waals surface area (Å²) in [6.07, 6.45) is 4.37. The van der Waals surface area contributed by atoms with Crippen LogP contribution >= 0.6 is 0 Å². The number of aromatic hydroxyl groups is 1. The van der Waals surface area contributed by atoms with Crippen molar-refractivity contribution < 1.29 is 29.3 Å². The molecule has 5 rings (SSSR count). The minimum absolute atomic E-state index is 0.130. The third-order valence-corrected chi connectivity index (χ3v) is 9.57. The predicted octanol–water partition coefficient (Wildman–Crippen LogP) is 5.06. The third kappa shape index (κ3) is 6.61. The highest BCUT2D eigenvalue weighted by Crippen LogP contribution is 2.48. The molecule has 0 spiro atoms.